The van der Waals surface area contributed by atoms with Gasteiger partial charge in [-0.15, -0.1) is 0 Å². The highest BCUT2D eigenvalue weighted by atomic mass is 16.4. The Labute approximate surface area is 92.4 Å². The van der Waals surface area contributed by atoms with E-state index in [1.807, 2.05) is 0 Å². The molecule has 6 heteroatoms. The molecule has 86 valence electrons. The van der Waals surface area contributed by atoms with Crippen LogP contribution in [0, 0.1) is 0 Å². The fourth-order valence-electron chi connectivity index (χ4n) is 1.02. The van der Waals surface area contributed by atoms with Crippen molar-refractivity contribution in [3.8, 4) is 0 Å². The number of hydrogen-bond acceptors (Lipinski definition) is 3. The molecule has 1 aromatic heterocycles. The molecule has 0 saturated carbocycles. The molecule has 3 N–H and O–H groups in total. The van der Waals surface area contributed by atoms with Crippen molar-refractivity contribution in [2.75, 3.05) is 0 Å². The summed E-state index contributed by atoms with van der Waals surface area (Å²) in [6.07, 6.45) is 3.22. The smallest absolute Gasteiger partial charge is 0.331 e. The van der Waals surface area contributed by atoms with Gasteiger partial charge in [0.25, 0.3) is 0 Å². The quantitative estimate of drug-likeness (QED) is 0.646. The van der Waals surface area contributed by atoms with Gasteiger partial charge in [-0.05, 0) is 13.8 Å². The van der Waals surface area contributed by atoms with E-state index < -0.39 is 11.9 Å². The van der Waals surface area contributed by atoms with Gasteiger partial charge in [-0.2, -0.15) is 0 Å². The number of hydrogen-bond donors (Lipinski definition) is 3. The summed E-state index contributed by atoms with van der Waals surface area (Å²) in [6.45, 7) is 3.11. The molecule has 0 atom stereocenters. The third-order valence-corrected chi connectivity index (χ3v) is 2.20. The van der Waals surface area contributed by atoms with Crippen molar-refractivity contribution in [3.05, 3.63) is 29.4 Å². The van der Waals surface area contributed by atoms with Gasteiger partial charge in [0.2, 0.25) is 5.91 Å². The van der Waals surface area contributed by atoms with Crippen LogP contribution in [0.15, 0.2) is 23.5 Å². The molecule has 0 bridgehead atoms. The first-order chi connectivity index (χ1) is 7.52. The number of nitrogens with zero attached hydrogens (tertiary/aromatic N) is 1. The molecule has 16 heavy (non-hydrogen) atoms. The predicted octanol–water partition coefficient (Wildman–Crippen LogP) is 0.447. The zero-order valence-corrected chi connectivity index (χ0v) is 9.07. The number of aliphatic carboxylic acids is 1. The standard InChI is InChI=1S/C10H13N3O3/c1-6(7(2)10(15)16)9(14)13-5-8-11-3-4-12-8/h3-4H,5H2,1-2H3,(H,11,12)(H,13,14)(H,15,16). The third kappa shape index (κ3) is 2.94. The number of carboxylic acids is 1. The van der Waals surface area contributed by atoms with Crippen molar-refractivity contribution in [1.29, 1.82) is 0 Å². The molecule has 1 rings (SSSR count). The van der Waals surface area contributed by atoms with Crippen LogP contribution in [0.1, 0.15) is 19.7 Å². The van der Waals surface area contributed by atoms with E-state index in [9.17, 15) is 9.59 Å². The van der Waals surface area contributed by atoms with Crippen LogP contribution >= 0.6 is 0 Å². The molecule has 0 unspecified atom stereocenters. The minimum atomic E-state index is -1.09. The maximum Gasteiger partial charge on any atom is 0.331 e. The van der Waals surface area contributed by atoms with Crippen LogP contribution in [-0.2, 0) is 16.1 Å². The van der Waals surface area contributed by atoms with Crippen LogP contribution in [0.25, 0.3) is 0 Å². The molecule has 0 spiro atoms. The molecule has 0 aliphatic rings. The highest BCUT2D eigenvalue weighted by Gasteiger charge is 2.12. The van der Waals surface area contributed by atoms with Gasteiger partial charge in [-0.25, -0.2) is 9.78 Å². The molecular formula is C10H13N3O3. The van der Waals surface area contributed by atoms with Gasteiger partial charge in [0.15, 0.2) is 0 Å². The van der Waals surface area contributed by atoms with Crippen molar-refractivity contribution in [2.45, 2.75) is 20.4 Å². The molecule has 0 fully saturated rings. The normalized spacial score (nSPS) is 11.9. The lowest BCUT2D eigenvalue weighted by molar-refractivity contribution is -0.133. The number of aromatic amines is 1. The maximum absolute atomic E-state index is 11.5. The number of carboxylic acid groups (broad SMARTS) is 1. The average Bonchev–Trinajstić information content (AvgIpc) is 2.76. The monoisotopic (exact) mass is 223 g/mol. The van der Waals surface area contributed by atoms with Crippen molar-refractivity contribution in [1.82, 2.24) is 15.3 Å². The summed E-state index contributed by atoms with van der Waals surface area (Å²) in [5.74, 6) is -0.879. The summed E-state index contributed by atoms with van der Waals surface area (Å²) in [6, 6.07) is 0. The van der Waals surface area contributed by atoms with E-state index in [4.69, 9.17) is 5.11 Å². The minimum Gasteiger partial charge on any atom is -0.478 e. The number of carbonyl (C=O) groups is 2. The van der Waals surface area contributed by atoms with Crippen LogP contribution in [-0.4, -0.2) is 27.0 Å². The van der Waals surface area contributed by atoms with Gasteiger partial charge in [0, 0.05) is 23.5 Å². The first-order valence-corrected chi connectivity index (χ1v) is 4.69. The number of imidazole rings is 1. The molecule has 1 heterocycles. The molecule has 0 saturated heterocycles. The maximum atomic E-state index is 11.5. The number of rotatable bonds is 4. The first-order valence-electron chi connectivity index (χ1n) is 4.69. The number of amides is 1. The van der Waals surface area contributed by atoms with Crippen molar-refractivity contribution >= 4 is 11.9 Å². The lowest BCUT2D eigenvalue weighted by Gasteiger charge is -2.05. The van der Waals surface area contributed by atoms with E-state index in [1.165, 1.54) is 13.8 Å². The van der Waals surface area contributed by atoms with E-state index in [2.05, 4.69) is 15.3 Å². The molecule has 0 aliphatic carbocycles. The van der Waals surface area contributed by atoms with Crippen molar-refractivity contribution in [3.63, 3.8) is 0 Å². The zero-order valence-electron chi connectivity index (χ0n) is 9.07. The van der Waals surface area contributed by atoms with Crippen molar-refractivity contribution in [2.24, 2.45) is 0 Å². The third-order valence-electron chi connectivity index (χ3n) is 2.20. The van der Waals surface area contributed by atoms with Gasteiger partial charge in [-0.1, -0.05) is 0 Å². The van der Waals surface area contributed by atoms with Crippen LogP contribution < -0.4 is 5.32 Å². The fourth-order valence-corrected chi connectivity index (χ4v) is 1.02. The lowest BCUT2D eigenvalue weighted by Crippen LogP contribution is -2.25. The summed E-state index contributed by atoms with van der Waals surface area (Å²) >= 11 is 0. The Morgan fingerprint density at radius 3 is 2.62 bits per heavy atom. The van der Waals surface area contributed by atoms with Gasteiger partial charge >= 0.3 is 5.97 Å². The molecule has 1 amide bonds. The first kappa shape index (κ1) is 12.0. The summed E-state index contributed by atoms with van der Waals surface area (Å²) < 4.78 is 0. The van der Waals surface area contributed by atoms with E-state index in [0.29, 0.717) is 5.82 Å². The summed E-state index contributed by atoms with van der Waals surface area (Å²) in [7, 11) is 0. The Morgan fingerprint density at radius 2 is 2.12 bits per heavy atom. The predicted molar refractivity (Wildman–Crippen MR) is 56.4 cm³/mol. The minimum absolute atomic E-state index is 0.0388. The topological polar surface area (TPSA) is 95.1 Å². The van der Waals surface area contributed by atoms with Crippen LogP contribution in [0.2, 0.25) is 0 Å². The summed E-state index contributed by atoms with van der Waals surface area (Å²) in [5, 5.41) is 11.3. The molecule has 0 aromatic carbocycles. The van der Waals surface area contributed by atoms with E-state index in [0.717, 1.165) is 0 Å². The highest BCUT2D eigenvalue weighted by molar-refractivity contribution is 6.01. The second-order valence-electron chi connectivity index (χ2n) is 3.27. The Bertz CT molecular complexity index is 421. The lowest BCUT2D eigenvalue weighted by atomic mass is 10.1. The number of H-pyrrole nitrogens is 1. The molecular weight excluding hydrogens is 210 g/mol. The molecule has 6 nitrogen and oxygen atoms in total. The Balaban J connectivity index is 2.59. The average molecular weight is 223 g/mol. The Morgan fingerprint density at radius 1 is 1.44 bits per heavy atom. The van der Waals surface area contributed by atoms with Gasteiger partial charge in [0.1, 0.15) is 5.82 Å². The highest BCUT2D eigenvalue weighted by Crippen LogP contribution is 2.03. The molecule has 0 radical (unpaired) electrons. The van der Waals surface area contributed by atoms with E-state index in [1.54, 1.807) is 12.4 Å². The summed E-state index contributed by atoms with van der Waals surface area (Å²) in [4.78, 5) is 28.9. The van der Waals surface area contributed by atoms with Crippen LogP contribution in [0.3, 0.4) is 0 Å². The van der Waals surface area contributed by atoms with Gasteiger partial charge in [-0.3, -0.25) is 4.79 Å². The SMILES string of the molecule is CC(C(=O)O)=C(C)C(=O)NCc1ncc[nH]1. The fraction of sp³-hybridized carbons (Fsp3) is 0.300. The molecule has 1 aromatic rings. The van der Waals surface area contributed by atoms with Crippen molar-refractivity contribution < 1.29 is 14.7 Å². The van der Waals surface area contributed by atoms with Gasteiger partial charge in [0.05, 0.1) is 6.54 Å². The number of aromatic nitrogens is 2. The Hall–Kier alpha value is -2.11. The van der Waals surface area contributed by atoms with Crippen LogP contribution in [0.4, 0.5) is 0 Å². The number of carbonyl (C=O) groups excluding carboxylic acids is 1. The van der Waals surface area contributed by atoms with E-state index >= 15 is 0 Å². The van der Waals surface area contributed by atoms with Crippen LogP contribution in [0.5, 0.6) is 0 Å². The zero-order chi connectivity index (χ0) is 12.1. The number of nitrogens with one attached hydrogen (secondary N) is 2. The largest absolute Gasteiger partial charge is 0.478 e. The Kier molecular flexibility index (Phi) is 3.82. The molecule has 0 aliphatic heterocycles. The van der Waals surface area contributed by atoms with E-state index in [-0.39, 0.29) is 17.7 Å². The second kappa shape index (κ2) is 5.11. The summed E-state index contributed by atoms with van der Waals surface area (Å²) in [5.41, 5.74) is 0.232. The van der Waals surface area contributed by atoms with Gasteiger partial charge < -0.3 is 15.4 Å². The second-order valence-corrected chi connectivity index (χ2v) is 3.27.